The van der Waals surface area contributed by atoms with Crippen LogP contribution >= 0.6 is 11.6 Å². The number of halogens is 2. The molecule has 3 rings (SSSR count). The number of nitrogens with zero attached hydrogens (tertiary/aromatic N) is 2. The van der Waals surface area contributed by atoms with Gasteiger partial charge >= 0.3 is 11.7 Å². The number of benzene rings is 1. The molecule has 0 unspecified atom stereocenters. The van der Waals surface area contributed by atoms with Gasteiger partial charge in [0.15, 0.2) is 0 Å². The molecule has 0 amide bonds. The van der Waals surface area contributed by atoms with E-state index < -0.39 is 40.7 Å². The van der Waals surface area contributed by atoms with Crippen LogP contribution in [0.3, 0.4) is 0 Å². The fraction of sp³-hybridized carbons (Fsp3) is 0.368. The molecule has 9 heteroatoms. The van der Waals surface area contributed by atoms with E-state index in [1.807, 2.05) is 0 Å². The van der Waals surface area contributed by atoms with E-state index >= 15 is 0 Å². The van der Waals surface area contributed by atoms with Gasteiger partial charge in [0, 0.05) is 18.2 Å². The molecule has 0 saturated carbocycles. The lowest BCUT2D eigenvalue weighted by molar-refractivity contribution is 0.0378. The van der Waals surface area contributed by atoms with E-state index in [1.165, 1.54) is 6.92 Å². The molecule has 148 valence electrons. The Morgan fingerprint density at radius 3 is 2.50 bits per heavy atom. The van der Waals surface area contributed by atoms with E-state index in [0.717, 1.165) is 16.7 Å². The van der Waals surface area contributed by atoms with Crippen LogP contribution in [0.5, 0.6) is 0 Å². The average Bonchev–Trinajstić information content (AvgIpc) is 3.05. The highest BCUT2D eigenvalue weighted by atomic mass is 35.5. The summed E-state index contributed by atoms with van der Waals surface area (Å²) in [5, 5.41) is -0.215. The van der Waals surface area contributed by atoms with Crippen LogP contribution in [0, 0.1) is 5.82 Å². The standard InChI is InChI=1S/C19H18ClFN2O5/c1-9(2)28-18(26)12-7-16(14(21)8-13(12)20)23-17(25)11-5-4-6-15(11)22(10(3)24)19(23)27/h7-9H,4-6H2,1-3H3. The fourth-order valence-electron chi connectivity index (χ4n) is 3.32. The van der Waals surface area contributed by atoms with Crippen LogP contribution in [0.2, 0.25) is 5.02 Å². The molecule has 0 saturated heterocycles. The van der Waals surface area contributed by atoms with Gasteiger partial charge in [-0.2, -0.15) is 0 Å². The van der Waals surface area contributed by atoms with Gasteiger partial charge in [-0.1, -0.05) is 11.6 Å². The van der Waals surface area contributed by atoms with Gasteiger partial charge < -0.3 is 4.74 Å². The molecule has 2 aromatic rings. The fourth-order valence-corrected chi connectivity index (χ4v) is 3.55. The number of rotatable bonds is 3. The van der Waals surface area contributed by atoms with E-state index in [-0.39, 0.29) is 16.1 Å². The van der Waals surface area contributed by atoms with Crippen molar-refractivity contribution < 1.29 is 18.7 Å². The number of hydrogen-bond donors (Lipinski definition) is 0. The van der Waals surface area contributed by atoms with Crippen molar-refractivity contribution in [3.05, 3.63) is 60.6 Å². The first-order valence-electron chi connectivity index (χ1n) is 8.74. The van der Waals surface area contributed by atoms with Crippen molar-refractivity contribution in [3.63, 3.8) is 0 Å². The van der Waals surface area contributed by atoms with Crippen LogP contribution in [0.1, 0.15) is 53.6 Å². The van der Waals surface area contributed by atoms with Crippen molar-refractivity contribution in [1.82, 2.24) is 9.13 Å². The molecule has 0 spiro atoms. The normalized spacial score (nSPS) is 12.9. The number of carbonyl (C=O) groups excluding carboxylic acids is 2. The Balaban J connectivity index is 2.32. The lowest BCUT2D eigenvalue weighted by atomic mass is 10.1. The predicted molar refractivity (Wildman–Crippen MR) is 100 cm³/mol. The molecule has 1 aliphatic rings. The summed E-state index contributed by atoms with van der Waals surface area (Å²) in [7, 11) is 0. The van der Waals surface area contributed by atoms with Gasteiger partial charge in [0.25, 0.3) is 5.56 Å². The molecule has 28 heavy (non-hydrogen) atoms. The van der Waals surface area contributed by atoms with Gasteiger partial charge in [-0.25, -0.2) is 23.1 Å². The maximum atomic E-state index is 14.7. The Bertz CT molecular complexity index is 1120. The summed E-state index contributed by atoms with van der Waals surface area (Å²) in [6, 6.07) is 1.84. The van der Waals surface area contributed by atoms with Gasteiger partial charge in [0.05, 0.1) is 22.4 Å². The molecule has 0 bridgehead atoms. The highest BCUT2D eigenvalue weighted by Gasteiger charge is 2.27. The van der Waals surface area contributed by atoms with E-state index in [1.54, 1.807) is 13.8 Å². The van der Waals surface area contributed by atoms with Crippen LogP contribution in [0.4, 0.5) is 4.39 Å². The Labute approximate surface area is 164 Å². The summed E-state index contributed by atoms with van der Waals surface area (Å²) in [6.07, 6.45) is 0.944. The molecule has 1 aliphatic carbocycles. The van der Waals surface area contributed by atoms with Crippen molar-refractivity contribution in [3.8, 4) is 5.69 Å². The lowest BCUT2D eigenvalue weighted by Gasteiger charge is -2.15. The second-order valence-corrected chi connectivity index (χ2v) is 7.20. The van der Waals surface area contributed by atoms with Crippen molar-refractivity contribution in [2.75, 3.05) is 0 Å². The topological polar surface area (TPSA) is 87.4 Å². The van der Waals surface area contributed by atoms with E-state index in [0.29, 0.717) is 29.5 Å². The maximum absolute atomic E-state index is 14.7. The van der Waals surface area contributed by atoms with Crippen LogP contribution in [0.15, 0.2) is 21.7 Å². The van der Waals surface area contributed by atoms with Crippen molar-refractivity contribution in [1.29, 1.82) is 0 Å². The highest BCUT2D eigenvalue weighted by molar-refractivity contribution is 6.33. The number of ether oxygens (including phenoxy) is 1. The summed E-state index contributed by atoms with van der Waals surface area (Å²) in [6.45, 7) is 4.46. The third-order valence-corrected chi connectivity index (χ3v) is 4.77. The number of hydrogen-bond acceptors (Lipinski definition) is 5. The summed E-state index contributed by atoms with van der Waals surface area (Å²) >= 11 is 5.96. The molecule has 1 aromatic heterocycles. The first-order valence-corrected chi connectivity index (χ1v) is 9.12. The minimum Gasteiger partial charge on any atom is -0.459 e. The van der Waals surface area contributed by atoms with E-state index in [9.17, 15) is 23.6 Å². The minimum absolute atomic E-state index is 0.187. The number of aromatic nitrogens is 2. The average molecular weight is 409 g/mol. The zero-order valence-corrected chi connectivity index (χ0v) is 16.3. The van der Waals surface area contributed by atoms with Gasteiger partial charge in [-0.3, -0.25) is 9.59 Å². The zero-order chi connectivity index (χ0) is 20.7. The molecule has 0 radical (unpaired) electrons. The van der Waals surface area contributed by atoms with E-state index in [2.05, 4.69) is 0 Å². The first kappa shape index (κ1) is 20.0. The van der Waals surface area contributed by atoms with Gasteiger partial charge in [-0.15, -0.1) is 0 Å². The second kappa shape index (κ2) is 7.35. The minimum atomic E-state index is -0.984. The quantitative estimate of drug-likeness (QED) is 0.728. The Morgan fingerprint density at radius 1 is 1.21 bits per heavy atom. The number of esters is 1. The summed E-state index contributed by atoms with van der Waals surface area (Å²) < 4.78 is 21.2. The number of fused-ring (bicyclic) bond motifs is 1. The molecule has 1 heterocycles. The van der Waals surface area contributed by atoms with E-state index in [4.69, 9.17) is 16.3 Å². The molecule has 0 N–H and O–H groups in total. The van der Waals surface area contributed by atoms with Gasteiger partial charge in [-0.05, 0) is 45.2 Å². The molecule has 0 fully saturated rings. The molecular formula is C19H18ClFN2O5. The molecule has 1 aromatic carbocycles. The predicted octanol–water partition coefficient (Wildman–Crippen LogP) is 2.51. The summed E-state index contributed by atoms with van der Waals surface area (Å²) in [5.74, 6) is -2.37. The van der Waals surface area contributed by atoms with Crippen molar-refractivity contribution >= 4 is 23.5 Å². The monoisotopic (exact) mass is 408 g/mol. The summed E-state index contributed by atoms with van der Waals surface area (Å²) in [4.78, 5) is 50.0. The van der Waals surface area contributed by atoms with Gasteiger partial charge in [0.1, 0.15) is 5.82 Å². The SMILES string of the molecule is CC(=O)n1c2c(c(=O)n(-c3cc(C(=O)OC(C)C)c(Cl)cc3F)c1=O)CCC2. The molecular weight excluding hydrogens is 391 g/mol. The molecule has 0 atom stereocenters. The lowest BCUT2D eigenvalue weighted by Crippen LogP contribution is -2.43. The highest BCUT2D eigenvalue weighted by Crippen LogP contribution is 2.24. The largest absolute Gasteiger partial charge is 0.459 e. The third-order valence-electron chi connectivity index (χ3n) is 4.46. The van der Waals surface area contributed by atoms with Crippen molar-refractivity contribution in [2.45, 2.75) is 46.1 Å². The maximum Gasteiger partial charge on any atom is 0.342 e. The Morgan fingerprint density at radius 2 is 1.89 bits per heavy atom. The second-order valence-electron chi connectivity index (χ2n) is 6.79. The van der Waals surface area contributed by atoms with Crippen LogP contribution in [-0.4, -0.2) is 27.1 Å². The molecule has 0 aliphatic heterocycles. The Kier molecular flexibility index (Phi) is 5.25. The van der Waals surface area contributed by atoms with Crippen LogP contribution in [-0.2, 0) is 17.6 Å². The Hall–Kier alpha value is -2.74. The third kappa shape index (κ3) is 3.28. The number of carbonyl (C=O) groups is 2. The van der Waals surface area contributed by atoms with Gasteiger partial charge in [0.2, 0.25) is 5.91 Å². The van der Waals surface area contributed by atoms with Crippen LogP contribution < -0.4 is 11.2 Å². The first-order chi connectivity index (χ1) is 13.1. The summed E-state index contributed by atoms with van der Waals surface area (Å²) in [5.41, 5.74) is -1.70. The zero-order valence-electron chi connectivity index (χ0n) is 15.5. The smallest absolute Gasteiger partial charge is 0.342 e. The van der Waals surface area contributed by atoms with Crippen molar-refractivity contribution in [2.24, 2.45) is 0 Å². The van der Waals surface area contributed by atoms with Crippen LogP contribution in [0.25, 0.3) is 5.69 Å². The molecule has 7 nitrogen and oxygen atoms in total.